The molecule has 0 spiro atoms. The Morgan fingerprint density at radius 1 is 1.05 bits per heavy atom. The van der Waals surface area contributed by atoms with E-state index in [0.29, 0.717) is 18.4 Å². The van der Waals surface area contributed by atoms with Crippen molar-refractivity contribution < 1.29 is 14.7 Å². The normalized spacial score (nSPS) is 18.6. The van der Waals surface area contributed by atoms with Gasteiger partial charge in [-0.2, -0.15) is 0 Å². The van der Waals surface area contributed by atoms with Crippen molar-refractivity contribution in [3.05, 3.63) is 41.0 Å². The van der Waals surface area contributed by atoms with Crippen molar-refractivity contribution in [2.24, 2.45) is 5.41 Å². The van der Waals surface area contributed by atoms with E-state index in [2.05, 4.69) is 0 Å². The van der Waals surface area contributed by atoms with Gasteiger partial charge in [-0.1, -0.05) is 43.7 Å². The first-order valence-corrected chi connectivity index (χ1v) is 6.37. The number of allylic oxidation sites excluding steroid dienone is 1. The van der Waals surface area contributed by atoms with E-state index in [1.165, 1.54) is 0 Å². The van der Waals surface area contributed by atoms with Crippen LogP contribution in [0.4, 0.5) is 0 Å². The molecule has 0 bridgehead atoms. The van der Waals surface area contributed by atoms with E-state index in [4.69, 9.17) is 0 Å². The Labute approximate surface area is 113 Å². The Morgan fingerprint density at radius 3 is 2.00 bits per heavy atom. The van der Waals surface area contributed by atoms with Crippen LogP contribution in [0.15, 0.2) is 29.8 Å². The van der Waals surface area contributed by atoms with Crippen LogP contribution in [-0.4, -0.2) is 16.7 Å². The molecule has 2 rings (SSSR count). The summed E-state index contributed by atoms with van der Waals surface area (Å²) < 4.78 is 0. The second-order valence-corrected chi connectivity index (χ2v) is 5.95. The lowest BCUT2D eigenvalue weighted by Gasteiger charge is -2.28. The minimum Gasteiger partial charge on any atom is -0.506 e. The molecule has 1 fully saturated rings. The number of aliphatic hydroxyl groups is 1. The molecule has 1 aromatic rings. The average Bonchev–Trinajstić information content (AvgIpc) is 2.26. The van der Waals surface area contributed by atoms with E-state index < -0.39 is 0 Å². The topological polar surface area (TPSA) is 54.4 Å². The minimum absolute atomic E-state index is 0.0387. The van der Waals surface area contributed by atoms with Gasteiger partial charge in [0.05, 0.1) is 0 Å². The Morgan fingerprint density at radius 2 is 1.53 bits per heavy atom. The molecule has 0 aromatic heterocycles. The molecule has 0 atom stereocenters. The fourth-order valence-electron chi connectivity index (χ4n) is 2.38. The van der Waals surface area contributed by atoms with Crippen LogP contribution in [-0.2, 0) is 9.59 Å². The number of hydrogen-bond donors (Lipinski definition) is 1. The SMILES string of the molecule is Cc1ccc(C(O)=C2C(=O)CC(C)(C)CC2=O)cc1. The molecule has 0 saturated heterocycles. The fraction of sp³-hybridized carbons (Fsp3) is 0.375. The van der Waals surface area contributed by atoms with Gasteiger partial charge in [0, 0.05) is 18.4 Å². The van der Waals surface area contributed by atoms with Crippen LogP contribution in [0.2, 0.25) is 0 Å². The fourth-order valence-corrected chi connectivity index (χ4v) is 2.38. The molecule has 3 nitrogen and oxygen atoms in total. The monoisotopic (exact) mass is 258 g/mol. The van der Waals surface area contributed by atoms with Gasteiger partial charge in [0.15, 0.2) is 11.6 Å². The van der Waals surface area contributed by atoms with Crippen LogP contribution in [0, 0.1) is 12.3 Å². The lowest BCUT2D eigenvalue weighted by molar-refractivity contribution is -0.127. The first kappa shape index (κ1) is 13.5. The van der Waals surface area contributed by atoms with Gasteiger partial charge < -0.3 is 5.11 Å². The smallest absolute Gasteiger partial charge is 0.170 e. The van der Waals surface area contributed by atoms with Crippen LogP contribution < -0.4 is 0 Å². The van der Waals surface area contributed by atoms with Gasteiger partial charge in [-0.05, 0) is 12.3 Å². The highest BCUT2D eigenvalue weighted by Crippen LogP contribution is 2.35. The molecule has 1 aliphatic rings. The third kappa shape index (κ3) is 2.75. The molecule has 0 amide bonds. The zero-order valence-electron chi connectivity index (χ0n) is 11.5. The first-order valence-electron chi connectivity index (χ1n) is 6.37. The van der Waals surface area contributed by atoms with Crippen molar-refractivity contribution in [2.75, 3.05) is 0 Å². The average molecular weight is 258 g/mol. The maximum atomic E-state index is 12.1. The van der Waals surface area contributed by atoms with Crippen LogP contribution in [0.5, 0.6) is 0 Å². The maximum absolute atomic E-state index is 12.1. The summed E-state index contributed by atoms with van der Waals surface area (Å²) in [6.07, 6.45) is 0.591. The zero-order valence-corrected chi connectivity index (χ0v) is 11.5. The lowest BCUT2D eigenvalue weighted by atomic mass is 9.73. The summed E-state index contributed by atoms with van der Waals surface area (Å²) in [4.78, 5) is 24.1. The van der Waals surface area contributed by atoms with Gasteiger partial charge in [-0.15, -0.1) is 0 Å². The van der Waals surface area contributed by atoms with Gasteiger partial charge >= 0.3 is 0 Å². The molecule has 3 heteroatoms. The molecule has 0 aliphatic heterocycles. The van der Waals surface area contributed by atoms with E-state index in [9.17, 15) is 14.7 Å². The number of Topliss-reactive ketones (excluding diaryl/α,β-unsaturated/α-hetero) is 2. The van der Waals surface area contributed by atoms with Crippen molar-refractivity contribution in [3.8, 4) is 0 Å². The third-order valence-corrected chi connectivity index (χ3v) is 3.40. The number of aryl methyl sites for hydroxylation is 1. The Balaban J connectivity index is 2.43. The van der Waals surface area contributed by atoms with E-state index in [1.807, 2.05) is 32.9 Å². The molecule has 19 heavy (non-hydrogen) atoms. The highest BCUT2D eigenvalue weighted by Gasteiger charge is 2.37. The van der Waals surface area contributed by atoms with Crippen molar-refractivity contribution in [1.29, 1.82) is 0 Å². The number of carbonyl (C=O) groups excluding carboxylic acids is 2. The van der Waals surface area contributed by atoms with Crippen LogP contribution in [0.25, 0.3) is 5.76 Å². The van der Waals surface area contributed by atoms with E-state index in [0.717, 1.165) is 5.56 Å². The van der Waals surface area contributed by atoms with Gasteiger partial charge in [0.25, 0.3) is 0 Å². The second-order valence-electron chi connectivity index (χ2n) is 5.95. The Bertz CT molecular complexity index is 540. The summed E-state index contributed by atoms with van der Waals surface area (Å²) >= 11 is 0. The summed E-state index contributed by atoms with van der Waals surface area (Å²) in [7, 11) is 0. The van der Waals surface area contributed by atoms with Crippen LogP contribution in [0.3, 0.4) is 0 Å². The van der Waals surface area contributed by atoms with Gasteiger partial charge in [0.1, 0.15) is 11.3 Å². The molecular formula is C16H18O3. The number of ketones is 2. The molecule has 0 unspecified atom stereocenters. The lowest BCUT2D eigenvalue weighted by Crippen LogP contribution is -2.32. The number of aliphatic hydroxyl groups excluding tert-OH is 1. The molecule has 100 valence electrons. The van der Waals surface area contributed by atoms with E-state index in [-0.39, 0.29) is 28.3 Å². The number of benzene rings is 1. The van der Waals surface area contributed by atoms with Gasteiger partial charge in [-0.3, -0.25) is 9.59 Å². The van der Waals surface area contributed by atoms with Gasteiger partial charge in [-0.25, -0.2) is 0 Å². The summed E-state index contributed by atoms with van der Waals surface area (Å²) in [5.74, 6) is -0.718. The molecule has 1 aromatic carbocycles. The summed E-state index contributed by atoms with van der Waals surface area (Å²) in [6.45, 7) is 5.72. The summed E-state index contributed by atoms with van der Waals surface area (Å²) in [5, 5.41) is 10.2. The van der Waals surface area contributed by atoms with E-state index in [1.54, 1.807) is 12.1 Å². The molecular weight excluding hydrogens is 240 g/mol. The number of hydrogen-bond acceptors (Lipinski definition) is 3. The van der Waals surface area contributed by atoms with Crippen LogP contribution in [0.1, 0.15) is 37.8 Å². The van der Waals surface area contributed by atoms with Crippen LogP contribution >= 0.6 is 0 Å². The third-order valence-electron chi connectivity index (χ3n) is 3.40. The predicted octanol–water partition coefficient (Wildman–Crippen LogP) is 3.22. The van der Waals surface area contributed by atoms with Crippen molar-refractivity contribution in [3.63, 3.8) is 0 Å². The molecule has 0 radical (unpaired) electrons. The minimum atomic E-state index is -0.314. The Hall–Kier alpha value is -1.90. The maximum Gasteiger partial charge on any atom is 0.170 e. The van der Waals surface area contributed by atoms with E-state index >= 15 is 0 Å². The molecule has 1 aliphatic carbocycles. The quantitative estimate of drug-likeness (QED) is 0.478. The summed E-state index contributed by atoms with van der Waals surface area (Å²) in [6, 6.07) is 7.12. The Kier molecular flexibility index (Phi) is 3.31. The number of rotatable bonds is 1. The highest BCUT2D eigenvalue weighted by atomic mass is 16.3. The molecule has 1 saturated carbocycles. The standard InChI is InChI=1S/C16H18O3/c1-10-4-6-11(7-5-10)15(19)14-12(17)8-16(2,3)9-13(14)18/h4-7,19H,8-9H2,1-3H3. The summed E-state index contributed by atoms with van der Waals surface area (Å²) in [5.41, 5.74) is 1.22. The zero-order chi connectivity index (χ0) is 14.2. The van der Waals surface area contributed by atoms with Gasteiger partial charge in [0.2, 0.25) is 0 Å². The predicted molar refractivity (Wildman–Crippen MR) is 73.8 cm³/mol. The van der Waals surface area contributed by atoms with Crippen molar-refractivity contribution >= 4 is 17.3 Å². The largest absolute Gasteiger partial charge is 0.506 e. The van der Waals surface area contributed by atoms with Crippen molar-refractivity contribution in [1.82, 2.24) is 0 Å². The molecule has 1 N–H and O–H groups in total. The first-order chi connectivity index (χ1) is 8.80. The number of carbonyl (C=O) groups is 2. The molecule has 0 heterocycles. The highest BCUT2D eigenvalue weighted by molar-refractivity contribution is 6.26. The second kappa shape index (κ2) is 4.65. The van der Waals surface area contributed by atoms with Crippen molar-refractivity contribution in [2.45, 2.75) is 33.6 Å².